The third-order valence-corrected chi connectivity index (χ3v) is 2.57. The summed E-state index contributed by atoms with van der Waals surface area (Å²) in [6.07, 6.45) is 0. The second kappa shape index (κ2) is 7.08. The third kappa shape index (κ3) is 5.01. The molecule has 0 aliphatic heterocycles. The molecule has 94 valence electrons. The van der Waals surface area contributed by atoms with E-state index in [1.54, 1.807) is 20.1 Å². The quantitative estimate of drug-likeness (QED) is 0.459. The Kier molecular flexibility index (Phi) is 5.71. The number of carbonyl (C=O) groups excluding carboxylic acids is 1. The van der Waals surface area contributed by atoms with Crippen LogP contribution < -0.4 is 5.73 Å². The summed E-state index contributed by atoms with van der Waals surface area (Å²) < 4.78 is 9.73. The molecule has 0 amide bonds. The van der Waals surface area contributed by atoms with Crippen LogP contribution in [0.4, 0.5) is 5.82 Å². The SMILES string of the molecule is CCOC(=O)CSc1cc(N)nc(COC)n1. The van der Waals surface area contributed by atoms with Gasteiger partial charge in [0.1, 0.15) is 17.5 Å². The molecule has 6 nitrogen and oxygen atoms in total. The molecule has 0 saturated heterocycles. The van der Waals surface area contributed by atoms with Crippen molar-refractivity contribution in [2.75, 3.05) is 25.2 Å². The van der Waals surface area contributed by atoms with Crippen LogP contribution >= 0.6 is 11.8 Å². The maximum Gasteiger partial charge on any atom is 0.316 e. The average Bonchev–Trinajstić information content (AvgIpc) is 2.26. The number of anilines is 1. The van der Waals surface area contributed by atoms with Crippen LogP contribution in [0.5, 0.6) is 0 Å². The van der Waals surface area contributed by atoms with Crippen molar-refractivity contribution >= 4 is 23.5 Å². The minimum atomic E-state index is -0.275. The highest BCUT2D eigenvalue weighted by Crippen LogP contribution is 2.17. The highest BCUT2D eigenvalue weighted by atomic mass is 32.2. The maximum atomic E-state index is 11.2. The topological polar surface area (TPSA) is 87.3 Å². The predicted octanol–water partition coefficient (Wildman–Crippen LogP) is 0.860. The van der Waals surface area contributed by atoms with Crippen molar-refractivity contribution in [3.05, 3.63) is 11.9 Å². The van der Waals surface area contributed by atoms with E-state index in [9.17, 15) is 4.79 Å². The molecule has 7 heteroatoms. The van der Waals surface area contributed by atoms with Crippen molar-refractivity contribution in [2.45, 2.75) is 18.6 Å². The Labute approximate surface area is 104 Å². The first-order valence-electron chi connectivity index (χ1n) is 5.06. The van der Waals surface area contributed by atoms with Gasteiger partial charge in [-0.15, -0.1) is 0 Å². The summed E-state index contributed by atoms with van der Waals surface area (Å²) in [5, 5.41) is 0.637. The van der Waals surface area contributed by atoms with Crippen LogP contribution in [0.15, 0.2) is 11.1 Å². The van der Waals surface area contributed by atoms with Gasteiger partial charge >= 0.3 is 5.97 Å². The Morgan fingerprint density at radius 3 is 2.94 bits per heavy atom. The summed E-state index contributed by atoms with van der Waals surface area (Å²) >= 11 is 1.26. The molecule has 0 bridgehead atoms. The van der Waals surface area contributed by atoms with E-state index in [1.165, 1.54) is 11.8 Å². The molecule has 0 spiro atoms. The molecule has 0 fully saturated rings. The summed E-state index contributed by atoms with van der Waals surface area (Å²) in [5.74, 6) is 0.789. The van der Waals surface area contributed by atoms with E-state index in [0.717, 1.165) is 0 Å². The molecule has 1 rings (SSSR count). The van der Waals surface area contributed by atoms with Gasteiger partial charge in [0.25, 0.3) is 0 Å². The lowest BCUT2D eigenvalue weighted by molar-refractivity contribution is -0.139. The Balaban J connectivity index is 2.61. The molecule has 0 aliphatic carbocycles. The van der Waals surface area contributed by atoms with Crippen molar-refractivity contribution in [3.8, 4) is 0 Å². The largest absolute Gasteiger partial charge is 0.465 e. The van der Waals surface area contributed by atoms with E-state index in [-0.39, 0.29) is 18.3 Å². The van der Waals surface area contributed by atoms with Crippen LogP contribution in [-0.4, -0.2) is 35.4 Å². The summed E-state index contributed by atoms with van der Waals surface area (Å²) in [4.78, 5) is 19.4. The van der Waals surface area contributed by atoms with Crippen LogP contribution in [0, 0.1) is 0 Å². The van der Waals surface area contributed by atoms with Crippen LogP contribution in [0.3, 0.4) is 0 Å². The molecular formula is C10H15N3O3S. The fourth-order valence-electron chi connectivity index (χ4n) is 1.10. The van der Waals surface area contributed by atoms with E-state index >= 15 is 0 Å². The average molecular weight is 257 g/mol. The van der Waals surface area contributed by atoms with Crippen molar-refractivity contribution < 1.29 is 14.3 Å². The zero-order chi connectivity index (χ0) is 12.7. The first kappa shape index (κ1) is 13.7. The van der Waals surface area contributed by atoms with Gasteiger partial charge in [0.05, 0.1) is 12.4 Å². The van der Waals surface area contributed by atoms with E-state index in [4.69, 9.17) is 15.2 Å². The number of nitrogens with zero attached hydrogens (tertiary/aromatic N) is 2. The summed E-state index contributed by atoms with van der Waals surface area (Å²) in [6.45, 7) is 2.43. The number of esters is 1. The number of nitrogen functional groups attached to an aromatic ring is 1. The molecule has 1 aromatic rings. The number of aromatic nitrogens is 2. The van der Waals surface area contributed by atoms with E-state index in [0.29, 0.717) is 23.3 Å². The Hall–Kier alpha value is -1.34. The molecule has 0 aromatic carbocycles. The minimum absolute atomic E-state index is 0.205. The zero-order valence-corrected chi connectivity index (χ0v) is 10.6. The van der Waals surface area contributed by atoms with Crippen LogP contribution in [-0.2, 0) is 20.9 Å². The van der Waals surface area contributed by atoms with Gasteiger partial charge in [-0.2, -0.15) is 0 Å². The summed E-state index contributed by atoms with van der Waals surface area (Å²) in [7, 11) is 1.55. The van der Waals surface area contributed by atoms with Gasteiger partial charge in [0.2, 0.25) is 0 Å². The monoisotopic (exact) mass is 257 g/mol. The second-order valence-electron chi connectivity index (χ2n) is 3.07. The fourth-order valence-corrected chi connectivity index (χ4v) is 1.82. The molecule has 1 heterocycles. The number of ether oxygens (including phenoxy) is 2. The lowest BCUT2D eigenvalue weighted by atomic mass is 10.5. The van der Waals surface area contributed by atoms with Crippen LogP contribution in [0.2, 0.25) is 0 Å². The summed E-state index contributed by atoms with van der Waals surface area (Å²) in [5.41, 5.74) is 5.62. The van der Waals surface area contributed by atoms with Crippen LogP contribution in [0.25, 0.3) is 0 Å². The first-order valence-corrected chi connectivity index (χ1v) is 6.05. The number of thioether (sulfide) groups is 1. The highest BCUT2D eigenvalue weighted by Gasteiger charge is 2.07. The van der Waals surface area contributed by atoms with Gasteiger partial charge in [0.15, 0.2) is 5.82 Å². The molecule has 0 unspecified atom stereocenters. The van der Waals surface area contributed by atoms with Gasteiger partial charge < -0.3 is 15.2 Å². The van der Waals surface area contributed by atoms with Crippen molar-refractivity contribution in [1.29, 1.82) is 0 Å². The number of hydrogen-bond donors (Lipinski definition) is 1. The first-order chi connectivity index (χ1) is 8.15. The number of hydrogen-bond acceptors (Lipinski definition) is 7. The van der Waals surface area contributed by atoms with Gasteiger partial charge in [-0.1, -0.05) is 11.8 Å². The van der Waals surface area contributed by atoms with Crippen LogP contribution in [0.1, 0.15) is 12.7 Å². The lowest BCUT2D eigenvalue weighted by Gasteiger charge is -2.04. The number of rotatable bonds is 6. The number of carbonyl (C=O) groups is 1. The molecule has 17 heavy (non-hydrogen) atoms. The molecule has 0 saturated carbocycles. The third-order valence-electron chi connectivity index (χ3n) is 1.69. The zero-order valence-electron chi connectivity index (χ0n) is 9.80. The molecule has 0 atom stereocenters. The fraction of sp³-hybridized carbons (Fsp3) is 0.500. The molecule has 0 radical (unpaired) electrons. The van der Waals surface area contributed by atoms with Gasteiger partial charge in [-0.3, -0.25) is 4.79 Å². The highest BCUT2D eigenvalue weighted by molar-refractivity contribution is 7.99. The van der Waals surface area contributed by atoms with E-state index in [1.807, 2.05) is 0 Å². The Morgan fingerprint density at radius 2 is 2.29 bits per heavy atom. The van der Waals surface area contributed by atoms with Crippen molar-refractivity contribution in [3.63, 3.8) is 0 Å². The predicted molar refractivity (Wildman–Crippen MR) is 64.5 cm³/mol. The van der Waals surface area contributed by atoms with Gasteiger partial charge in [-0.25, -0.2) is 9.97 Å². The Bertz CT molecular complexity index is 387. The van der Waals surface area contributed by atoms with E-state index < -0.39 is 0 Å². The van der Waals surface area contributed by atoms with Gasteiger partial charge in [0, 0.05) is 13.2 Å². The molecular weight excluding hydrogens is 242 g/mol. The standard InChI is InChI=1S/C10H15N3O3S/c1-3-16-10(14)6-17-9-4-7(11)12-8(13-9)5-15-2/h4H,3,5-6H2,1-2H3,(H2,11,12,13). The van der Waals surface area contributed by atoms with E-state index in [2.05, 4.69) is 9.97 Å². The molecule has 2 N–H and O–H groups in total. The number of nitrogens with two attached hydrogens (primary N) is 1. The summed E-state index contributed by atoms with van der Waals surface area (Å²) in [6, 6.07) is 1.61. The minimum Gasteiger partial charge on any atom is -0.465 e. The molecule has 0 aliphatic rings. The van der Waals surface area contributed by atoms with Gasteiger partial charge in [-0.05, 0) is 6.92 Å². The maximum absolute atomic E-state index is 11.2. The smallest absolute Gasteiger partial charge is 0.316 e. The second-order valence-corrected chi connectivity index (χ2v) is 4.07. The Morgan fingerprint density at radius 1 is 1.53 bits per heavy atom. The lowest BCUT2D eigenvalue weighted by Crippen LogP contribution is -2.07. The number of methoxy groups -OCH3 is 1. The normalized spacial score (nSPS) is 10.2. The van der Waals surface area contributed by atoms with Crippen molar-refractivity contribution in [2.24, 2.45) is 0 Å². The molecule has 1 aromatic heterocycles. The van der Waals surface area contributed by atoms with Crippen molar-refractivity contribution in [1.82, 2.24) is 9.97 Å².